The number of aromatic nitrogens is 3. The largest absolute Gasteiger partial charge is 0.478 e. The van der Waals surface area contributed by atoms with Gasteiger partial charge in [0.05, 0.1) is 17.8 Å². The van der Waals surface area contributed by atoms with E-state index in [1.54, 1.807) is 12.4 Å². The van der Waals surface area contributed by atoms with Gasteiger partial charge >= 0.3 is 5.97 Å². The van der Waals surface area contributed by atoms with Gasteiger partial charge in [0.15, 0.2) is 0 Å². The lowest BCUT2D eigenvalue weighted by Gasteiger charge is -2.08. The average molecular weight is 332 g/mol. The number of aryl methyl sites for hydroxylation is 2. The Hall–Kier alpha value is -3.46. The van der Waals surface area contributed by atoms with Crippen LogP contribution in [0.1, 0.15) is 28.1 Å². The zero-order valence-corrected chi connectivity index (χ0v) is 13.9. The predicted octanol–water partition coefficient (Wildman–Crippen LogP) is 3.07. The number of hydrogen-bond donors (Lipinski definition) is 1. The van der Waals surface area contributed by atoms with E-state index < -0.39 is 5.97 Å². The summed E-state index contributed by atoms with van der Waals surface area (Å²) < 4.78 is 1.87. The summed E-state index contributed by atoms with van der Waals surface area (Å²) in [4.78, 5) is 19.7. The molecule has 25 heavy (non-hydrogen) atoms. The average Bonchev–Trinajstić information content (AvgIpc) is 2.87. The first-order valence-electron chi connectivity index (χ1n) is 7.71. The Bertz CT molecular complexity index is 1030. The van der Waals surface area contributed by atoms with E-state index in [1.165, 1.54) is 6.08 Å². The van der Waals surface area contributed by atoms with Gasteiger partial charge in [0.25, 0.3) is 0 Å². The van der Waals surface area contributed by atoms with Crippen LogP contribution in [0, 0.1) is 25.2 Å². The monoisotopic (exact) mass is 332 g/mol. The Morgan fingerprint density at radius 2 is 2.24 bits per heavy atom. The molecule has 3 aromatic heterocycles. The molecular weight excluding hydrogens is 316 g/mol. The molecule has 0 saturated heterocycles. The van der Waals surface area contributed by atoms with E-state index in [0.29, 0.717) is 23.4 Å². The third kappa shape index (κ3) is 3.12. The molecule has 6 nitrogen and oxygen atoms in total. The minimum Gasteiger partial charge on any atom is -0.478 e. The molecule has 3 aromatic rings. The van der Waals surface area contributed by atoms with Crippen molar-refractivity contribution in [2.24, 2.45) is 0 Å². The highest BCUT2D eigenvalue weighted by molar-refractivity contribution is 5.93. The molecule has 3 heterocycles. The molecule has 0 amide bonds. The molecule has 0 fully saturated rings. The van der Waals surface area contributed by atoms with Crippen LogP contribution in [0.25, 0.3) is 17.1 Å². The first kappa shape index (κ1) is 16.4. The van der Waals surface area contributed by atoms with Crippen LogP contribution < -0.4 is 0 Å². The van der Waals surface area contributed by atoms with Crippen molar-refractivity contribution in [1.82, 2.24) is 14.5 Å². The first-order chi connectivity index (χ1) is 12.0. The van der Waals surface area contributed by atoms with E-state index in [9.17, 15) is 10.1 Å². The van der Waals surface area contributed by atoms with Crippen LogP contribution in [0.2, 0.25) is 0 Å². The normalized spacial score (nSPS) is 11.1. The number of pyridine rings is 2. The van der Waals surface area contributed by atoms with Crippen molar-refractivity contribution >= 4 is 23.1 Å². The highest BCUT2D eigenvalue weighted by Crippen LogP contribution is 2.29. The molecule has 0 atom stereocenters. The van der Waals surface area contributed by atoms with Gasteiger partial charge in [-0.05, 0) is 43.2 Å². The van der Waals surface area contributed by atoms with Gasteiger partial charge < -0.3 is 9.67 Å². The maximum atomic E-state index is 11.0. The predicted molar refractivity (Wildman–Crippen MR) is 93.9 cm³/mol. The Morgan fingerprint density at radius 1 is 1.44 bits per heavy atom. The molecular formula is C19H16N4O2. The number of nitrogens with zero attached hydrogens (tertiary/aromatic N) is 4. The Morgan fingerprint density at radius 3 is 2.88 bits per heavy atom. The molecule has 0 spiro atoms. The zero-order chi connectivity index (χ0) is 18.0. The van der Waals surface area contributed by atoms with Crippen molar-refractivity contribution in [3.05, 3.63) is 64.7 Å². The van der Waals surface area contributed by atoms with Crippen LogP contribution in [0.15, 0.2) is 36.7 Å². The summed E-state index contributed by atoms with van der Waals surface area (Å²) in [7, 11) is 0. The molecule has 0 saturated carbocycles. The Labute approximate surface area is 144 Å². The number of hydrogen-bond acceptors (Lipinski definition) is 4. The zero-order valence-electron chi connectivity index (χ0n) is 13.9. The molecule has 0 unspecified atom stereocenters. The van der Waals surface area contributed by atoms with Crippen LogP contribution in [0.4, 0.5) is 0 Å². The SMILES string of the molecule is Cc1cc(C)c2c(C#N)c(C=CC(=O)O)n(Cc3cccnc3)c2n1. The van der Waals surface area contributed by atoms with Crippen molar-refractivity contribution in [3.8, 4) is 6.07 Å². The topological polar surface area (TPSA) is 91.8 Å². The first-order valence-corrected chi connectivity index (χ1v) is 7.71. The summed E-state index contributed by atoms with van der Waals surface area (Å²) in [6.07, 6.45) is 5.92. The maximum Gasteiger partial charge on any atom is 0.328 e. The fourth-order valence-corrected chi connectivity index (χ4v) is 2.97. The quantitative estimate of drug-likeness (QED) is 0.741. The fraction of sp³-hybridized carbons (Fsp3) is 0.158. The van der Waals surface area contributed by atoms with Gasteiger partial charge in [-0.3, -0.25) is 4.98 Å². The lowest BCUT2D eigenvalue weighted by Crippen LogP contribution is -2.04. The summed E-state index contributed by atoms with van der Waals surface area (Å²) in [5, 5.41) is 19.4. The summed E-state index contributed by atoms with van der Waals surface area (Å²) in [5.41, 5.74) is 4.35. The van der Waals surface area contributed by atoms with Crippen molar-refractivity contribution in [1.29, 1.82) is 5.26 Å². The van der Waals surface area contributed by atoms with Gasteiger partial charge in [-0.25, -0.2) is 9.78 Å². The highest BCUT2D eigenvalue weighted by Gasteiger charge is 2.19. The Kier molecular flexibility index (Phi) is 4.31. The lowest BCUT2D eigenvalue weighted by molar-refractivity contribution is -0.131. The van der Waals surface area contributed by atoms with Crippen LogP contribution >= 0.6 is 0 Å². The summed E-state index contributed by atoms with van der Waals surface area (Å²) in [6.45, 7) is 4.27. The second kappa shape index (κ2) is 6.57. The van der Waals surface area contributed by atoms with Crippen molar-refractivity contribution in [2.75, 3.05) is 0 Å². The van der Waals surface area contributed by atoms with Gasteiger partial charge in [-0.1, -0.05) is 6.07 Å². The van der Waals surface area contributed by atoms with Gasteiger partial charge in [-0.2, -0.15) is 5.26 Å². The molecule has 3 rings (SSSR count). The minimum absolute atomic E-state index is 0.432. The third-order valence-electron chi connectivity index (χ3n) is 3.94. The highest BCUT2D eigenvalue weighted by atomic mass is 16.4. The van der Waals surface area contributed by atoms with Gasteiger partial charge in [0.2, 0.25) is 0 Å². The number of carbonyl (C=O) groups is 1. The van der Waals surface area contributed by atoms with Crippen molar-refractivity contribution in [2.45, 2.75) is 20.4 Å². The van der Waals surface area contributed by atoms with Gasteiger partial charge in [0.1, 0.15) is 11.7 Å². The molecule has 0 aliphatic carbocycles. The van der Waals surface area contributed by atoms with Crippen molar-refractivity contribution < 1.29 is 9.90 Å². The van der Waals surface area contributed by atoms with E-state index in [-0.39, 0.29) is 0 Å². The molecule has 1 N–H and O–H groups in total. The molecule has 0 aliphatic heterocycles. The number of aliphatic carboxylic acids is 1. The number of carboxylic acids is 1. The van der Waals surface area contributed by atoms with Crippen LogP contribution in [0.3, 0.4) is 0 Å². The number of fused-ring (bicyclic) bond motifs is 1. The fourth-order valence-electron chi connectivity index (χ4n) is 2.97. The van der Waals surface area contributed by atoms with Crippen molar-refractivity contribution in [3.63, 3.8) is 0 Å². The molecule has 0 bridgehead atoms. The number of carboxylic acid groups (broad SMARTS) is 1. The van der Waals surface area contributed by atoms with E-state index in [0.717, 1.165) is 28.3 Å². The smallest absolute Gasteiger partial charge is 0.328 e. The second-order valence-corrected chi connectivity index (χ2v) is 5.77. The second-order valence-electron chi connectivity index (χ2n) is 5.77. The van der Waals surface area contributed by atoms with E-state index in [2.05, 4.69) is 16.0 Å². The minimum atomic E-state index is -1.07. The molecule has 0 radical (unpaired) electrons. The lowest BCUT2D eigenvalue weighted by atomic mass is 10.1. The standard InChI is InChI=1S/C19H16N4O2/c1-12-8-13(2)22-19-18(12)15(9-20)16(5-6-17(24)25)23(19)11-14-4-3-7-21-10-14/h3-8,10H,11H2,1-2H3,(H,24,25). The van der Waals surface area contributed by atoms with Crippen LogP contribution in [-0.4, -0.2) is 25.6 Å². The summed E-state index contributed by atoms with van der Waals surface area (Å²) in [6, 6.07) is 7.89. The third-order valence-corrected chi connectivity index (χ3v) is 3.94. The Balaban J connectivity index is 2.33. The molecule has 0 aromatic carbocycles. The number of nitriles is 1. The van der Waals surface area contributed by atoms with E-state index in [4.69, 9.17) is 5.11 Å². The van der Waals surface area contributed by atoms with Gasteiger partial charge in [0, 0.05) is 29.5 Å². The van der Waals surface area contributed by atoms with Gasteiger partial charge in [-0.15, -0.1) is 0 Å². The van der Waals surface area contributed by atoms with Crippen LogP contribution in [-0.2, 0) is 11.3 Å². The molecule has 6 heteroatoms. The van der Waals surface area contributed by atoms with E-state index in [1.807, 2.05) is 36.6 Å². The number of rotatable bonds is 4. The maximum absolute atomic E-state index is 11.0. The van der Waals surface area contributed by atoms with E-state index >= 15 is 0 Å². The molecule has 124 valence electrons. The summed E-state index contributed by atoms with van der Waals surface area (Å²) >= 11 is 0. The summed E-state index contributed by atoms with van der Waals surface area (Å²) in [5.74, 6) is -1.07. The van der Waals surface area contributed by atoms with Crippen LogP contribution in [0.5, 0.6) is 0 Å². The molecule has 0 aliphatic rings.